The maximum Gasteiger partial charge on any atom is 0.231 e. The van der Waals surface area contributed by atoms with Crippen molar-refractivity contribution in [1.82, 2.24) is 19.9 Å². The van der Waals surface area contributed by atoms with Crippen molar-refractivity contribution in [1.29, 1.82) is 0 Å². The Morgan fingerprint density at radius 2 is 1.89 bits per heavy atom. The SMILES string of the molecule is COc1cnc2[nH]cc(-c3cc(Cl)nc(NC4CCC(N(CC(N)=O)C5CCCCC5)CC4)c3)c2c1. The number of methoxy groups -OCH3 is 1. The fourth-order valence-electron chi connectivity index (χ4n) is 5.97. The molecule has 192 valence electrons. The normalized spacial score (nSPS) is 21.1. The summed E-state index contributed by atoms with van der Waals surface area (Å²) in [7, 11) is 1.64. The number of primary amides is 1. The van der Waals surface area contributed by atoms with Crippen LogP contribution in [0.5, 0.6) is 5.75 Å². The minimum atomic E-state index is -0.221. The van der Waals surface area contributed by atoms with Crippen LogP contribution in [0.2, 0.25) is 5.15 Å². The zero-order chi connectivity index (χ0) is 25.1. The van der Waals surface area contributed by atoms with Crippen molar-refractivity contribution in [3.05, 3.63) is 35.7 Å². The highest BCUT2D eigenvalue weighted by molar-refractivity contribution is 6.29. The molecular weight excluding hydrogens is 476 g/mol. The highest BCUT2D eigenvalue weighted by Gasteiger charge is 2.32. The van der Waals surface area contributed by atoms with Crippen LogP contribution in [0.15, 0.2) is 30.6 Å². The van der Waals surface area contributed by atoms with Crippen LogP contribution in [0.4, 0.5) is 5.82 Å². The summed E-state index contributed by atoms with van der Waals surface area (Å²) in [6.45, 7) is 0.372. The number of pyridine rings is 2. The lowest BCUT2D eigenvalue weighted by atomic mass is 9.86. The molecule has 3 aromatic heterocycles. The second-order valence-corrected chi connectivity index (χ2v) is 10.5. The number of amides is 1. The summed E-state index contributed by atoms with van der Waals surface area (Å²) < 4.78 is 5.36. The van der Waals surface area contributed by atoms with Crippen molar-refractivity contribution < 1.29 is 9.53 Å². The molecule has 36 heavy (non-hydrogen) atoms. The molecule has 0 atom stereocenters. The van der Waals surface area contributed by atoms with E-state index < -0.39 is 0 Å². The number of fused-ring (bicyclic) bond motifs is 1. The van der Waals surface area contributed by atoms with Crippen LogP contribution in [0.3, 0.4) is 0 Å². The average Bonchev–Trinajstić information content (AvgIpc) is 3.31. The van der Waals surface area contributed by atoms with E-state index in [1.807, 2.05) is 24.4 Å². The standard InChI is InChI=1S/C27H35ClN6O2/c1-36-21-13-22-23(15-31-27(22)30-14-21)17-11-24(28)33-26(12-17)32-18-7-9-20(10-8-18)34(16-25(29)35)19-5-3-2-4-6-19/h11-15,18-20H,2-10,16H2,1H3,(H2,29,35)(H,30,31)(H,32,33). The van der Waals surface area contributed by atoms with Gasteiger partial charge in [-0.2, -0.15) is 0 Å². The van der Waals surface area contributed by atoms with Crippen molar-refractivity contribution in [2.45, 2.75) is 75.9 Å². The molecule has 3 aromatic rings. The van der Waals surface area contributed by atoms with E-state index in [0.29, 0.717) is 35.6 Å². The topological polar surface area (TPSA) is 109 Å². The number of ether oxygens (including phenoxy) is 1. The van der Waals surface area contributed by atoms with E-state index in [9.17, 15) is 4.79 Å². The smallest absolute Gasteiger partial charge is 0.231 e. The van der Waals surface area contributed by atoms with Crippen LogP contribution in [-0.2, 0) is 4.79 Å². The Morgan fingerprint density at radius 1 is 1.14 bits per heavy atom. The van der Waals surface area contributed by atoms with Gasteiger partial charge in [-0.05, 0) is 62.3 Å². The molecule has 8 nitrogen and oxygen atoms in total. The minimum Gasteiger partial charge on any atom is -0.495 e. The Hall–Kier alpha value is -2.84. The lowest BCUT2D eigenvalue weighted by Gasteiger charge is -2.42. The van der Waals surface area contributed by atoms with Crippen molar-refractivity contribution in [2.24, 2.45) is 5.73 Å². The van der Waals surface area contributed by atoms with Crippen molar-refractivity contribution in [2.75, 3.05) is 19.0 Å². The highest BCUT2D eigenvalue weighted by Crippen LogP contribution is 2.34. The minimum absolute atomic E-state index is 0.221. The number of nitrogens with two attached hydrogens (primary N) is 1. The van der Waals surface area contributed by atoms with Crippen LogP contribution < -0.4 is 15.8 Å². The van der Waals surface area contributed by atoms with E-state index in [0.717, 1.165) is 53.7 Å². The molecule has 0 aromatic carbocycles. The van der Waals surface area contributed by atoms with Gasteiger partial charge in [-0.25, -0.2) is 9.97 Å². The van der Waals surface area contributed by atoms with Crippen molar-refractivity contribution >= 4 is 34.4 Å². The molecule has 2 aliphatic rings. The van der Waals surface area contributed by atoms with Crippen molar-refractivity contribution in [3.8, 4) is 16.9 Å². The quantitative estimate of drug-likeness (QED) is 0.362. The molecule has 2 aliphatic carbocycles. The van der Waals surface area contributed by atoms with E-state index >= 15 is 0 Å². The van der Waals surface area contributed by atoms with E-state index in [2.05, 4.69) is 25.2 Å². The molecule has 0 spiro atoms. The highest BCUT2D eigenvalue weighted by atomic mass is 35.5. The number of nitrogens with one attached hydrogen (secondary N) is 2. The van der Waals surface area contributed by atoms with E-state index in [1.165, 1.54) is 32.1 Å². The first-order valence-electron chi connectivity index (χ1n) is 13.0. The molecule has 5 rings (SSSR count). The van der Waals surface area contributed by atoms with Crippen LogP contribution in [-0.4, -0.2) is 57.5 Å². The molecule has 9 heteroatoms. The average molecular weight is 511 g/mol. The number of halogens is 1. The van der Waals surface area contributed by atoms with Gasteiger partial charge in [0.2, 0.25) is 5.91 Å². The number of aromatic nitrogens is 3. The molecule has 4 N–H and O–H groups in total. The molecule has 0 unspecified atom stereocenters. The third kappa shape index (κ3) is 5.60. The van der Waals surface area contributed by atoms with Gasteiger partial charge in [0.15, 0.2) is 0 Å². The summed E-state index contributed by atoms with van der Waals surface area (Å²) in [6.07, 6.45) is 13.9. The molecular formula is C27H35ClN6O2. The van der Waals surface area contributed by atoms with Crippen LogP contribution >= 0.6 is 11.6 Å². The van der Waals surface area contributed by atoms with Gasteiger partial charge in [0, 0.05) is 35.3 Å². The summed E-state index contributed by atoms with van der Waals surface area (Å²) in [4.78, 5) is 26.4. The fraction of sp³-hybridized carbons (Fsp3) is 0.519. The van der Waals surface area contributed by atoms with Gasteiger partial charge in [0.05, 0.1) is 19.9 Å². The van der Waals surface area contributed by atoms with Crippen LogP contribution in [0, 0.1) is 0 Å². The number of H-pyrrole nitrogens is 1. The van der Waals surface area contributed by atoms with Gasteiger partial charge >= 0.3 is 0 Å². The number of hydrogen-bond donors (Lipinski definition) is 3. The lowest BCUT2D eigenvalue weighted by Crippen LogP contribution is -2.50. The van der Waals surface area contributed by atoms with Crippen molar-refractivity contribution in [3.63, 3.8) is 0 Å². The predicted octanol–water partition coefficient (Wildman–Crippen LogP) is 5.13. The van der Waals surface area contributed by atoms with Gasteiger partial charge < -0.3 is 20.8 Å². The number of hydrogen-bond acceptors (Lipinski definition) is 6. The second-order valence-electron chi connectivity index (χ2n) is 10.1. The summed E-state index contributed by atoms with van der Waals surface area (Å²) in [5.41, 5.74) is 8.40. The number of carbonyl (C=O) groups is 1. The molecule has 3 heterocycles. The Balaban J connectivity index is 1.27. The Labute approximate surface area is 217 Å². The Morgan fingerprint density at radius 3 is 2.61 bits per heavy atom. The Bertz CT molecular complexity index is 1200. The number of carbonyl (C=O) groups excluding carboxylic acids is 1. The van der Waals surface area contributed by atoms with Gasteiger partial charge in [0.1, 0.15) is 22.4 Å². The first-order valence-corrected chi connectivity index (χ1v) is 13.4. The second kappa shape index (κ2) is 11.0. The summed E-state index contributed by atoms with van der Waals surface area (Å²) in [6, 6.07) is 7.10. The zero-order valence-corrected chi connectivity index (χ0v) is 21.6. The summed E-state index contributed by atoms with van der Waals surface area (Å²) in [5.74, 6) is 1.26. The number of rotatable bonds is 8. The monoisotopic (exact) mass is 510 g/mol. The van der Waals surface area contributed by atoms with Gasteiger partial charge in [-0.3, -0.25) is 9.69 Å². The summed E-state index contributed by atoms with van der Waals surface area (Å²) in [5, 5.41) is 5.03. The fourth-order valence-corrected chi connectivity index (χ4v) is 6.18. The molecule has 0 saturated heterocycles. The first kappa shape index (κ1) is 24.8. The zero-order valence-electron chi connectivity index (χ0n) is 20.8. The predicted molar refractivity (Wildman–Crippen MR) is 143 cm³/mol. The van der Waals surface area contributed by atoms with Gasteiger partial charge in [-0.15, -0.1) is 0 Å². The van der Waals surface area contributed by atoms with Gasteiger partial charge in [0.25, 0.3) is 0 Å². The van der Waals surface area contributed by atoms with Crippen LogP contribution in [0.1, 0.15) is 57.8 Å². The molecule has 0 bridgehead atoms. The Kier molecular flexibility index (Phi) is 7.62. The van der Waals surface area contributed by atoms with E-state index in [1.54, 1.807) is 13.3 Å². The summed E-state index contributed by atoms with van der Waals surface area (Å²) >= 11 is 6.44. The lowest BCUT2D eigenvalue weighted by molar-refractivity contribution is -0.120. The molecule has 2 fully saturated rings. The molecule has 1 amide bonds. The largest absolute Gasteiger partial charge is 0.495 e. The molecule has 0 aliphatic heterocycles. The van der Waals surface area contributed by atoms with E-state index in [4.69, 9.17) is 22.1 Å². The maximum atomic E-state index is 11.8. The maximum absolute atomic E-state index is 11.8. The third-order valence-corrected chi connectivity index (χ3v) is 7.94. The molecule has 2 saturated carbocycles. The number of aromatic amines is 1. The molecule has 0 radical (unpaired) electrons. The van der Waals surface area contributed by atoms with E-state index in [-0.39, 0.29) is 5.91 Å². The van der Waals surface area contributed by atoms with Gasteiger partial charge in [-0.1, -0.05) is 30.9 Å². The first-order chi connectivity index (χ1) is 17.5. The number of anilines is 1. The third-order valence-electron chi connectivity index (χ3n) is 7.75. The number of nitrogens with zero attached hydrogens (tertiary/aromatic N) is 3. The van der Waals surface area contributed by atoms with Crippen LogP contribution in [0.25, 0.3) is 22.2 Å².